The van der Waals surface area contributed by atoms with E-state index in [1.165, 1.54) is 13.2 Å². The molecule has 1 aromatic carbocycles. The van der Waals surface area contributed by atoms with Crippen molar-refractivity contribution in [3.05, 3.63) is 42.7 Å². The van der Waals surface area contributed by atoms with Crippen molar-refractivity contribution >= 4 is 5.78 Å². The van der Waals surface area contributed by atoms with Crippen molar-refractivity contribution in [2.45, 2.75) is 14.4 Å². The van der Waals surface area contributed by atoms with E-state index < -0.39 is 0 Å². The predicted molar refractivity (Wildman–Crippen MR) is 87.5 cm³/mol. The zero-order chi connectivity index (χ0) is 16.0. The highest BCUT2D eigenvalue weighted by Crippen LogP contribution is 2.12. The number of carbonyl (C=O) groups excluding carboxylic acids is 1. The van der Waals surface area contributed by atoms with E-state index >= 15 is 0 Å². The smallest absolute Gasteiger partial charge is 0.159 e. The van der Waals surface area contributed by atoms with Crippen molar-refractivity contribution in [2.24, 2.45) is 0 Å². The minimum Gasteiger partial charge on any atom is -0.491 e. The molecule has 0 saturated carbocycles. The lowest BCUT2D eigenvalue weighted by molar-refractivity contribution is -0.254. The first-order chi connectivity index (χ1) is 10.7. The molecular weight excluding hydrogens is 300 g/mol. The highest BCUT2D eigenvalue weighted by atomic mass is 17.2. The van der Waals surface area contributed by atoms with Crippen molar-refractivity contribution in [2.75, 3.05) is 39.6 Å². The predicted octanol–water partition coefficient (Wildman–Crippen LogP) is 3.03. The summed E-state index contributed by atoms with van der Waals surface area (Å²) in [6.07, 6.45) is 1.21. The Morgan fingerprint density at radius 1 is 1.00 bits per heavy atom. The number of rotatable bonds is 13. The molecule has 0 saturated heterocycles. The number of ketones is 1. The van der Waals surface area contributed by atoms with Gasteiger partial charge in [0.1, 0.15) is 25.2 Å². The maximum Gasteiger partial charge on any atom is 0.159 e. The van der Waals surface area contributed by atoms with Gasteiger partial charge in [0.25, 0.3) is 0 Å². The summed E-state index contributed by atoms with van der Waals surface area (Å²) in [6, 6.07) is 7.02. The van der Waals surface area contributed by atoms with Gasteiger partial charge in [0.05, 0.1) is 26.4 Å². The van der Waals surface area contributed by atoms with Crippen molar-refractivity contribution in [3.63, 3.8) is 0 Å². The molecule has 0 aliphatic heterocycles. The Morgan fingerprint density at radius 2 is 1.57 bits per heavy atom. The van der Waals surface area contributed by atoms with Crippen LogP contribution in [0.25, 0.3) is 0 Å². The van der Waals surface area contributed by atoms with Crippen molar-refractivity contribution in [1.29, 1.82) is 0 Å². The van der Waals surface area contributed by atoms with E-state index in [1.54, 1.807) is 24.3 Å². The molecule has 0 aliphatic carbocycles. The number of hydrogen-bond acceptors (Lipinski definition) is 6. The second-order valence-electron chi connectivity index (χ2n) is 4.24. The number of benzene rings is 1. The van der Waals surface area contributed by atoms with Gasteiger partial charge in [0.2, 0.25) is 0 Å². The Labute approximate surface area is 137 Å². The molecule has 0 spiro atoms. The first-order valence-corrected chi connectivity index (χ1v) is 7.02. The van der Waals surface area contributed by atoms with Crippen molar-refractivity contribution in [3.8, 4) is 5.75 Å². The van der Waals surface area contributed by atoms with E-state index in [0.29, 0.717) is 51.0 Å². The fourth-order valence-corrected chi connectivity index (χ4v) is 1.52. The van der Waals surface area contributed by atoms with Gasteiger partial charge in [-0.05, 0) is 31.2 Å². The Kier molecular flexibility index (Phi) is 12.6. The van der Waals surface area contributed by atoms with E-state index in [4.69, 9.17) is 14.2 Å². The van der Waals surface area contributed by atoms with Gasteiger partial charge in [-0.1, -0.05) is 14.0 Å². The maximum absolute atomic E-state index is 11.1. The third kappa shape index (κ3) is 10.5. The van der Waals surface area contributed by atoms with Crippen LogP contribution in [0.1, 0.15) is 24.7 Å². The van der Waals surface area contributed by atoms with Gasteiger partial charge in [-0.25, -0.2) is 0 Å². The fraction of sp³-hybridized carbons (Fsp3) is 0.471. The lowest BCUT2D eigenvalue weighted by Crippen LogP contribution is -2.12. The SMILES string of the molecule is C.C=COOCCOCCOCCOc1ccc(C(C)=O)cc1. The standard InChI is InChI=1S/C16H22O6.CH4/c1-3-21-22-13-11-19-9-8-18-10-12-20-16-6-4-15(5-7-16)14(2)17;/h3-7H,1,8-13H2,2H3;1H4. The second kappa shape index (κ2) is 13.8. The van der Waals surface area contributed by atoms with Crippen LogP contribution in [-0.2, 0) is 19.2 Å². The first kappa shape index (κ1) is 21.1. The Hall–Kier alpha value is -1.89. The Balaban J connectivity index is 0.00000484. The minimum absolute atomic E-state index is 0. The van der Waals surface area contributed by atoms with Gasteiger partial charge >= 0.3 is 0 Å². The zero-order valence-electron chi connectivity index (χ0n) is 12.8. The summed E-state index contributed by atoms with van der Waals surface area (Å²) in [5.74, 6) is 0.751. The molecule has 0 unspecified atom stereocenters. The highest BCUT2D eigenvalue weighted by Gasteiger charge is 1.99. The average molecular weight is 326 g/mol. The number of ether oxygens (including phenoxy) is 3. The fourth-order valence-electron chi connectivity index (χ4n) is 1.52. The zero-order valence-corrected chi connectivity index (χ0v) is 12.8. The number of carbonyl (C=O) groups is 1. The largest absolute Gasteiger partial charge is 0.491 e. The molecule has 1 rings (SSSR count). The molecule has 130 valence electrons. The van der Waals surface area contributed by atoms with Crippen LogP contribution in [-0.4, -0.2) is 45.4 Å². The minimum atomic E-state index is 0. The number of Topliss-reactive ketones (excluding diaryl/α,β-unsaturated/α-hetero) is 1. The van der Waals surface area contributed by atoms with Crippen molar-refractivity contribution in [1.82, 2.24) is 0 Å². The molecule has 1 aromatic rings. The maximum atomic E-state index is 11.1. The third-order valence-corrected chi connectivity index (χ3v) is 2.58. The first-order valence-electron chi connectivity index (χ1n) is 7.02. The van der Waals surface area contributed by atoms with E-state index in [1.807, 2.05) is 0 Å². The molecule has 0 fully saturated rings. The molecule has 0 aliphatic rings. The summed E-state index contributed by atoms with van der Waals surface area (Å²) in [5, 5.41) is 0. The summed E-state index contributed by atoms with van der Waals surface area (Å²) in [4.78, 5) is 20.3. The summed E-state index contributed by atoms with van der Waals surface area (Å²) in [5.41, 5.74) is 0.670. The van der Waals surface area contributed by atoms with Crippen LogP contribution in [0.4, 0.5) is 0 Å². The van der Waals surface area contributed by atoms with Crippen LogP contribution in [0.15, 0.2) is 37.1 Å². The molecule has 6 heteroatoms. The Bertz CT molecular complexity index is 429. The molecule has 0 bridgehead atoms. The van der Waals surface area contributed by atoms with E-state index in [-0.39, 0.29) is 13.2 Å². The van der Waals surface area contributed by atoms with E-state index in [2.05, 4.69) is 16.4 Å². The lowest BCUT2D eigenvalue weighted by Gasteiger charge is -2.08. The molecule has 0 heterocycles. The lowest BCUT2D eigenvalue weighted by atomic mass is 10.1. The molecule has 0 N–H and O–H groups in total. The van der Waals surface area contributed by atoms with Gasteiger partial charge < -0.3 is 19.1 Å². The van der Waals surface area contributed by atoms with Gasteiger partial charge in [0.15, 0.2) is 5.78 Å². The molecule has 0 atom stereocenters. The van der Waals surface area contributed by atoms with Gasteiger partial charge in [-0.3, -0.25) is 4.79 Å². The molecule has 23 heavy (non-hydrogen) atoms. The summed E-state index contributed by atoms with van der Waals surface area (Å²) < 4.78 is 16.1. The van der Waals surface area contributed by atoms with Crippen LogP contribution in [0.2, 0.25) is 0 Å². The molecule has 0 amide bonds. The Morgan fingerprint density at radius 3 is 2.13 bits per heavy atom. The third-order valence-electron chi connectivity index (χ3n) is 2.58. The summed E-state index contributed by atoms with van der Waals surface area (Å²) in [7, 11) is 0. The van der Waals surface area contributed by atoms with Gasteiger partial charge in [0, 0.05) is 5.56 Å². The van der Waals surface area contributed by atoms with Crippen LogP contribution in [0.3, 0.4) is 0 Å². The quantitative estimate of drug-likeness (QED) is 0.182. The number of hydrogen-bond donors (Lipinski definition) is 0. The average Bonchev–Trinajstić information content (AvgIpc) is 2.53. The molecular formula is C17H26O6. The van der Waals surface area contributed by atoms with Crippen LogP contribution in [0.5, 0.6) is 5.75 Å². The topological polar surface area (TPSA) is 63.2 Å². The molecule has 6 nitrogen and oxygen atoms in total. The van der Waals surface area contributed by atoms with Crippen LogP contribution < -0.4 is 4.74 Å². The van der Waals surface area contributed by atoms with E-state index in [9.17, 15) is 4.79 Å². The van der Waals surface area contributed by atoms with E-state index in [0.717, 1.165) is 0 Å². The summed E-state index contributed by atoms with van der Waals surface area (Å²) in [6.45, 7) is 7.50. The van der Waals surface area contributed by atoms with Crippen LogP contribution >= 0.6 is 0 Å². The highest BCUT2D eigenvalue weighted by molar-refractivity contribution is 5.94. The van der Waals surface area contributed by atoms with Crippen molar-refractivity contribution < 1.29 is 28.8 Å². The summed E-state index contributed by atoms with van der Waals surface area (Å²) >= 11 is 0. The monoisotopic (exact) mass is 326 g/mol. The molecule has 0 aromatic heterocycles. The van der Waals surface area contributed by atoms with Crippen LogP contribution in [0, 0.1) is 0 Å². The second-order valence-corrected chi connectivity index (χ2v) is 4.24. The molecule has 0 radical (unpaired) electrons. The van der Waals surface area contributed by atoms with Gasteiger partial charge in [-0.2, -0.15) is 4.89 Å². The van der Waals surface area contributed by atoms with Gasteiger partial charge in [-0.15, -0.1) is 0 Å². The normalized spacial score (nSPS) is 9.78.